The highest BCUT2D eigenvalue weighted by molar-refractivity contribution is 9.10. The Morgan fingerprint density at radius 3 is 2.94 bits per heavy atom. The van der Waals surface area contributed by atoms with Crippen LogP contribution >= 0.6 is 38.9 Å². The molecule has 2 atom stereocenters. The third kappa shape index (κ3) is 2.01. The molecule has 1 aliphatic rings. The molecule has 1 nitrogen and oxygen atoms in total. The monoisotopic (exact) mass is 328 g/mol. The number of fused-ring (bicyclic) bond motifs is 1. The van der Waals surface area contributed by atoms with Crippen LogP contribution in [0.3, 0.4) is 0 Å². The summed E-state index contributed by atoms with van der Waals surface area (Å²) in [6.07, 6.45) is 0. The molecule has 0 aliphatic carbocycles. The van der Waals surface area contributed by atoms with Crippen molar-refractivity contribution >= 4 is 38.9 Å². The van der Waals surface area contributed by atoms with E-state index in [-0.39, 0.29) is 11.3 Å². The lowest BCUT2D eigenvalue weighted by Crippen LogP contribution is -2.07. The van der Waals surface area contributed by atoms with Crippen LogP contribution in [0.1, 0.15) is 21.7 Å². The number of benzene rings is 1. The summed E-state index contributed by atoms with van der Waals surface area (Å²) < 4.78 is 6.76. The summed E-state index contributed by atoms with van der Waals surface area (Å²) in [5.74, 6) is 1.21. The van der Waals surface area contributed by atoms with E-state index in [9.17, 15) is 0 Å². The van der Waals surface area contributed by atoms with Crippen LogP contribution in [0.4, 0.5) is 0 Å². The molecule has 1 aromatic carbocycles. The second-order valence-corrected chi connectivity index (χ2v) is 6.26. The van der Waals surface area contributed by atoms with Gasteiger partial charge >= 0.3 is 0 Å². The maximum Gasteiger partial charge on any atom is 0.122 e. The fourth-order valence-electron chi connectivity index (χ4n) is 2.11. The van der Waals surface area contributed by atoms with Gasteiger partial charge in [-0.1, -0.05) is 18.2 Å². The molecular weight excluding hydrogens is 320 g/mol. The first-order valence-electron chi connectivity index (χ1n) is 5.36. The van der Waals surface area contributed by atoms with Crippen molar-refractivity contribution in [3.8, 4) is 5.75 Å². The highest BCUT2D eigenvalue weighted by atomic mass is 79.9. The third-order valence-electron chi connectivity index (χ3n) is 2.99. The third-order valence-corrected chi connectivity index (χ3v) is 5.59. The van der Waals surface area contributed by atoms with E-state index in [0.717, 1.165) is 10.2 Å². The highest BCUT2D eigenvalue weighted by Crippen LogP contribution is 2.47. The number of ether oxygens (including phenoxy) is 1. The first-order valence-corrected chi connectivity index (χ1v) is 7.47. The Morgan fingerprint density at radius 1 is 1.35 bits per heavy atom. The molecule has 0 saturated heterocycles. The quantitative estimate of drug-likeness (QED) is 0.707. The summed E-state index contributed by atoms with van der Waals surface area (Å²) in [5, 5.41) is 2.02. The van der Waals surface area contributed by atoms with Gasteiger partial charge in [0.05, 0.1) is 12.0 Å². The predicted molar refractivity (Wildman–Crippen MR) is 75.3 cm³/mol. The van der Waals surface area contributed by atoms with Gasteiger partial charge < -0.3 is 4.74 Å². The smallest absolute Gasteiger partial charge is 0.122 e. The normalized spacial score (nSPS) is 19.8. The molecule has 1 aliphatic heterocycles. The minimum absolute atomic E-state index is 0.0342. The molecule has 0 fully saturated rings. The number of thiophene rings is 1. The first-order chi connectivity index (χ1) is 8.27. The number of rotatable bonds is 2. The molecule has 1 aromatic heterocycles. The van der Waals surface area contributed by atoms with E-state index in [1.807, 2.05) is 24.3 Å². The number of hydrogen-bond acceptors (Lipinski definition) is 2. The average Bonchev–Trinajstić information content (AvgIpc) is 2.94. The molecule has 4 heteroatoms. The topological polar surface area (TPSA) is 9.23 Å². The van der Waals surface area contributed by atoms with Crippen molar-refractivity contribution in [2.75, 3.05) is 6.61 Å². The zero-order chi connectivity index (χ0) is 11.8. The molecule has 17 heavy (non-hydrogen) atoms. The van der Waals surface area contributed by atoms with Crippen molar-refractivity contribution in [2.45, 2.75) is 11.3 Å². The molecule has 0 radical (unpaired) electrons. The van der Waals surface area contributed by atoms with E-state index in [1.54, 1.807) is 11.3 Å². The molecule has 0 amide bonds. The van der Waals surface area contributed by atoms with Gasteiger partial charge in [0.1, 0.15) is 5.75 Å². The minimum atomic E-state index is -0.0342. The van der Waals surface area contributed by atoms with Crippen molar-refractivity contribution in [3.63, 3.8) is 0 Å². The second kappa shape index (κ2) is 4.63. The molecule has 0 saturated carbocycles. The Bertz CT molecular complexity index is 540. The zero-order valence-corrected chi connectivity index (χ0v) is 12.1. The number of halogens is 2. The molecule has 0 spiro atoms. The van der Waals surface area contributed by atoms with Crippen molar-refractivity contribution in [2.24, 2.45) is 0 Å². The number of para-hydroxylation sites is 1. The minimum Gasteiger partial charge on any atom is -0.493 e. The Hall–Kier alpha value is -0.510. The van der Waals surface area contributed by atoms with E-state index in [1.165, 1.54) is 10.4 Å². The maximum absolute atomic E-state index is 6.59. The fraction of sp³-hybridized carbons (Fsp3) is 0.231. The zero-order valence-electron chi connectivity index (χ0n) is 8.90. The summed E-state index contributed by atoms with van der Waals surface area (Å²) in [6, 6.07) is 10.2. The standard InChI is InChI=1S/C13H10BrClOS/c14-10-5-6-17-13(10)12(15)9-7-16-11-4-2-1-3-8(9)11/h1-6,9,12H,7H2. The van der Waals surface area contributed by atoms with Gasteiger partial charge in [0.2, 0.25) is 0 Å². The Balaban J connectivity index is 1.95. The molecule has 88 valence electrons. The van der Waals surface area contributed by atoms with Crippen molar-refractivity contribution in [1.29, 1.82) is 0 Å². The Labute approximate surface area is 118 Å². The van der Waals surface area contributed by atoms with Gasteiger partial charge in [0.25, 0.3) is 0 Å². The summed E-state index contributed by atoms with van der Waals surface area (Å²) in [4.78, 5) is 1.18. The molecule has 2 unspecified atom stereocenters. The lowest BCUT2D eigenvalue weighted by atomic mass is 9.97. The van der Waals surface area contributed by atoms with Crippen molar-refractivity contribution < 1.29 is 4.74 Å². The van der Waals surface area contributed by atoms with Crippen LogP contribution in [-0.2, 0) is 0 Å². The lowest BCUT2D eigenvalue weighted by molar-refractivity contribution is 0.328. The van der Waals surface area contributed by atoms with Crippen LogP contribution in [-0.4, -0.2) is 6.61 Å². The molecule has 2 aromatic rings. The number of alkyl halides is 1. The van der Waals surface area contributed by atoms with Crippen molar-refractivity contribution in [3.05, 3.63) is 50.6 Å². The van der Waals surface area contributed by atoms with Gasteiger partial charge in [0.15, 0.2) is 0 Å². The molecule has 0 N–H and O–H groups in total. The maximum atomic E-state index is 6.59. The van der Waals surface area contributed by atoms with Gasteiger partial charge in [-0.2, -0.15) is 0 Å². The van der Waals surface area contributed by atoms with Gasteiger partial charge in [-0.15, -0.1) is 22.9 Å². The lowest BCUT2D eigenvalue weighted by Gasteiger charge is -2.15. The summed E-state index contributed by atoms with van der Waals surface area (Å²) >= 11 is 11.8. The van der Waals surface area contributed by atoms with Gasteiger partial charge in [-0.25, -0.2) is 0 Å². The van der Waals surface area contributed by atoms with Crippen LogP contribution in [0.5, 0.6) is 5.75 Å². The van der Waals surface area contributed by atoms with E-state index >= 15 is 0 Å². The summed E-state index contributed by atoms with van der Waals surface area (Å²) in [6.45, 7) is 0.665. The Morgan fingerprint density at radius 2 is 2.18 bits per heavy atom. The molecule has 0 bridgehead atoms. The number of hydrogen-bond donors (Lipinski definition) is 0. The molecular formula is C13H10BrClOS. The van der Waals surface area contributed by atoms with Crippen LogP contribution in [0.2, 0.25) is 0 Å². The van der Waals surface area contributed by atoms with Crippen LogP contribution < -0.4 is 4.74 Å². The average molecular weight is 330 g/mol. The van der Waals surface area contributed by atoms with Gasteiger partial charge in [-0.05, 0) is 33.4 Å². The van der Waals surface area contributed by atoms with E-state index in [2.05, 4.69) is 27.4 Å². The second-order valence-electron chi connectivity index (χ2n) is 3.99. The largest absolute Gasteiger partial charge is 0.493 e. The van der Waals surface area contributed by atoms with E-state index in [0.29, 0.717) is 6.61 Å². The fourth-order valence-corrected chi connectivity index (χ4v) is 4.39. The summed E-state index contributed by atoms with van der Waals surface area (Å²) in [7, 11) is 0. The van der Waals surface area contributed by atoms with E-state index in [4.69, 9.17) is 16.3 Å². The Kier molecular flexibility index (Phi) is 3.16. The van der Waals surface area contributed by atoms with Gasteiger partial charge in [0, 0.05) is 20.8 Å². The summed E-state index contributed by atoms with van der Waals surface area (Å²) in [5.41, 5.74) is 1.22. The van der Waals surface area contributed by atoms with Crippen molar-refractivity contribution in [1.82, 2.24) is 0 Å². The predicted octanol–water partition coefficient (Wildman–Crippen LogP) is 4.97. The molecule has 2 heterocycles. The first kappa shape index (κ1) is 11.6. The van der Waals surface area contributed by atoms with Crippen LogP contribution in [0.25, 0.3) is 0 Å². The van der Waals surface area contributed by atoms with E-state index < -0.39 is 0 Å². The van der Waals surface area contributed by atoms with Gasteiger partial charge in [-0.3, -0.25) is 0 Å². The molecule has 3 rings (SSSR count). The SMILES string of the molecule is ClC(c1sccc1Br)C1COc2ccccc21. The van der Waals surface area contributed by atoms with Crippen LogP contribution in [0, 0.1) is 0 Å². The van der Waals surface area contributed by atoms with Crippen LogP contribution in [0.15, 0.2) is 40.2 Å². The highest BCUT2D eigenvalue weighted by Gasteiger charge is 2.32.